The molecule has 8 rings (SSSR count). The van der Waals surface area contributed by atoms with E-state index in [4.69, 9.17) is 14.2 Å². The molecule has 1 aromatic carbocycles. The molecule has 0 unspecified atom stereocenters. The van der Waals surface area contributed by atoms with Gasteiger partial charge in [0, 0.05) is 106 Å². The van der Waals surface area contributed by atoms with Crippen molar-refractivity contribution < 1.29 is 14.2 Å². The molecular weight excluding hydrogens is 662 g/mol. The molecule has 268 valence electrons. The highest BCUT2D eigenvalue weighted by molar-refractivity contribution is 5.70. The standard InChI is InChI=1S/C20H22N4O3.C18H19N5O2/c1-26-15-4-5-16(18(11-15)27-2)17-12-20(25)24-13-14(3-6-19(24)22-17)23-9-7-21-8-10-23;1-25-17-5-2-13(11-20-17)15-10-18(24)23-12-14(3-4-16(23)21-15)22-8-6-19-7-9-22/h3-6,11-13,21H,7-10H2,1-2H3;2-5,10-12,19H,6-9H2,1H3. The lowest BCUT2D eigenvalue weighted by Crippen LogP contribution is -2.43. The topological polar surface area (TPSA) is 140 Å². The maximum atomic E-state index is 12.8. The summed E-state index contributed by atoms with van der Waals surface area (Å²) in [6.07, 6.45) is 5.39. The minimum atomic E-state index is -0.121. The molecule has 2 saturated heterocycles. The van der Waals surface area contributed by atoms with E-state index in [1.165, 1.54) is 6.07 Å². The van der Waals surface area contributed by atoms with Gasteiger partial charge in [0.2, 0.25) is 5.88 Å². The highest BCUT2D eigenvalue weighted by Gasteiger charge is 2.15. The van der Waals surface area contributed by atoms with Gasteiger partial charge in [0.05, 0.1) is 44.1 Å². The second-order valence-electron chi connectivity index (χ2n) is 12.3. The van der Waals surface area contributed by atoms with Crippen LogP contribution in [0.4, 0.5) is 11.4 Å². The normalized spacial score (nSPS) is 14.5. The first-order valence-electron chi connectivity index (χ1n) is 17.1. The second kappa shape index (κ2) is 15.5. The summed E-state index contributed by atoms with van der Waals surface area (Å²) in [5, 5.41) is 6.66. The Morgan fingerprint density at radius 1 is 0.615 bits per heavy atom. The zero-order valence-corrected chi connectivity index (χ0v) is 29.4. The van der Waals surface area contributed by atoms with E-state index in [0.717, 1.165) is 74.9 Å². The number of hydrogen-bond donors (Lipinski definition) is 2. The molecule has 2 N–H and O–H groups in total. The molecule has 0 aliphatic carbocycles. The number of nitrogens with one attached hydrogen (secondary N) is 2. The van der Waals surface area contributed by atoms with E-state index in [2.05, 4.69) is 35.4 Å². The number of nitrogens with zero attached hydrogens (tertiary/aromatic N) is 7. The highest BCUT2D eigenvalue weighted by atomic mass is 16.5. The molecule has 0 atom stereocenters. The molecule has 0 amide bonds. The lowest BCUT2D eigenvalue weighted by Gasteiger charge is -2.29. The first-order valence-corrected chi connectivity index (χ1v) is 17.1. The van der Waals surface area contributed by atoms with Crippen LogP contribution < -0.4 is 45.8 Å². The Kier molecular flexibility index (Phi) is 10.3. The smallest absolute Gasteiger partial charge is 0.258 e. The van der Waals surface area contributed by atoms with Crippen LogP contribution in [0.2, 0.25) is 0 Å². The molecular formula is C38H41N9O5. The van der Waals surface area contributed by atoms with Crippen molar-refractivity contribution in [3.63, 3.8) is 0 Å². The van der Waals surface area contributed by atoms with Crippen LogP contribution in [-0.2, 0) is 0 Å². The van der Waals surface area contributed by atoms with Crippen LogP contribution in [0.5, 0.6) is 17.4 Å². The fourth-order valence-electron chi connectivity index (χ4n) is 6.35. The van der Waals surface area contributed by atoms with E-state index in [1.54, 1.807) is 54.5 Å². The molecule has 2 aliphatic rings. The van der Waals surface area contributed by atoms with Gasteiger partial charge in [-0.2, -0.15) is 0 Å². The average Bonchev–Trinajstić information content (AvgIpc) is 3.21. The van der Waals surface area contributed by atoms with Crippen LogP contribution in [0, 0.1) is 0 Å². The van der Waals surface area contributed by atoms with Crippen molar-refractivity contribution in [1.82, 2.24) is 34.4 Å². The summed E-state index contributed by atoms with van der Waals surface area (Å²) in [4.78, 5) is 43.3. The van der Waals surface area contributed by atoms with Gasteiger partial charge in [0.25, 0.3) is 11.1 Å². The summed E-state index contributed by atoms with van der Waals surface area (Å²) in [5.41, 5.74) is 5.80. The van der Waals surface area contributed by atoms with E-state index in [-0.39, 0.29) is 11.1 Å². The van der Waals surface area contributed by atoms with Crippen LogP contribution in [0.3, 0.4) is 0 Å². The van der Waals surface area contributed by atoms with Gasteiger partial charge in [-0.15, -0.1) is 0 Å². The number of aromatic nitrogens is 5. The van der Waals surface area contributed by atoms with Gasteiger partial charge in [-0.25, -0.2) is 15.0 Å². The van der Waals surface area contributed by atoms with Crippen molar-refractivity contribution in [3.05, 3.63) is 106 Å². The third kappa shape index (κ3) is 7.38. The summed E-state index contributed by atoms with van der Waals surface area (Å²) in [7, 11) is 4.76. The number of benzene rings is 1. The van der Waals surface area contributed by atoms with Crippen molar-refractivity contribution in [2.75, 3.05) is 83.5 Å². The van der Waals surface area contributed by atoms with Crippen LogP contribution in [0.1, 0.15) is 0 Å². The summed E-state index contributed by atoms with van der Waals surface area (Å²) < 4.78 is 18.9. The van der Waals surface area contributed by atoms with E-state index in [9.17, 15) is 9.59 Å². The van der Waals surface area contributed by atoms with Gasteiger partial charge >= 0.3 is 0 Å². The molecule has 52 heavy (non-hydrogen) atoms. The van der Waals surface area contributed by atoms with Crippen LogP contribution in [-0.4, -0.2) is 97.4 Å². The van der Waals surface area contributed by atoms with E-state index >= 15 is 0 Å². The molecule has 0 saturated carbocycles. The molecule has 0 spiro atoms. The fraction of sp³-hybridized carbons (Fsp3) is 0.289. The summed E-state index contributed by atoms with van der Waals surface area (Å²) >= 11 is 0. The number of hydrogen-bond acceptors (Lipinski definition) is 12. The Morgan fingerprint density at radius 3 is 1.71 bits per heavy atom. The molecule has 14 heteroatoms. The first-order chi connectivity index (χ1) is 25.4. The highest BCUT2D eigenvalue weighted by Crippen LogP contribution is 2.32. The summed E-state index contributed by atoms with van der Waals surface area (Å²) in [6, 6.07) is 20.0. The van der Waals surface area contributed by atoms with Gasteiger partial charge in [-0.1, -0.05) is 0 Å². The molecule has 2 aliphatic heterocycles. The molecule has 7 heterocycles. The largest absolute Gasteiger partial charge is 0.497 e. The van der Waals surface area contributed by atoms with Gasteiger partial charge in [-0.05, 0) is 42.5 Å². The Morgan fingerprint density at radius 2 is 1.19 bits per heavy atom. The quantitative estimate of drug-likeness (QED) is 0.253. The van der Waals surface area contributed by atoms with Crippen LogP contribution in [0.15, 0.2) is 94.9 Å². The van der Waals surface area contributed by atoms with Crippen molar-refractivity contribution in [1.29, 1.82) is 0 Å². The average molecular weight is 704 g/mol. The van der Waals surface area contributed by atoms with E-state index < -0.39 is 0 Å². The SMILES string of the molecule is COc1ccc(-c2cc(=O)n3cc(N4CCNCC4)ccc3n2)c(OC)c1.COc1ccc(-c2cc(=O)n3cc(N4CCNCC4)ccc3n2)cn1. The lowest BCUT2D eigenvalue weighted by atomic mass is 10.1. The molecule has 5 aromatic heterocycles. The van der Waals surface area contributed by atoms with Crippen LogP contribution >= 0.6 is 0 Å². The van der Waals surface area contributed by atoms with E-state index in [0.29, 0.717) is 40.1 Å². The third-order valence-electron chi connectivity index (χ3n) is 9.18. The minimum Gasteiger partial charge on any atom is -0.497 e. The lowest BCUT2D eigenvalue weighted by molar-refractivity contribution is 0.395. The Labute approximate surface area is 300 Å². The fourth-order valence-corrected chi connectivity index (χ4v) is 6.35. The predicted molar refractivity (Wildman–Crippen MR) is 201 cm³/mol. The monoisotopic (exact) mass is 703 g/mol. The minimum absolute atomic E-state index is 0.104. The number of methoxy groups -OCH3 is 3. The predicted octanol–water partition coefficient (Wildman–Crippen LogP) is 2.96. The maximum Gasteiger partial charge on any atom is 0.258 e. The van der Waals surface area contributed by atoms with Crippen molar-refractivity contribution in [3.8, 4) is 39.9 Å². The van der Waals surface area contributed by atoms with Crippen molar-refractivity contribution in [2.24, 2.45) is 0 Å². The number of anilines is 2. The zero-order chi connectivity index (χ0) is 36.0. The Hall–Kier alpha value is -5.99. The van der Waals surface area contributed by atoms with E-state index in [1.807, 2.05) is 54.9 Å². The van der Waals surface area contributed by atoms with Crippen LogP contribution in [0.25, 0.3) is 33.8 Å². The van der Waals surface area contributed by atoms with Gasteiger partial charge in [0.15, 0.2) is 0 Å². The zero-order valence-electron chi connectivity index (χ0n) is 29.4. The third-order valence-corrected chi connectivity index (χ3v) is 9.18. The molecule has 2 fully saturated rings. The first kappa shape index (κ1) is 34.5. The van der Waals surface area contributed by atoms with Crippen molar-refractivity contribution >= 4 is 22.7 Å². The molecule has 0 bridgehead atoms. The number of ether oxygens (including phenoxy) is 3. The molecule has 6 aromatic rings. The molecule has 14 nitrogen and oxygen atoms in total. The number of fused-ring (bicyclic) bond motifs is 2. The maximum absolute atomic E-state index is 12.8. The number of piperazine rings is 2. The summed E-state index contributed by atoms with van der Waals surface area (Å²) in [6.45, 7) is 7.52. The number of pyridine rings is 3. The van der Waals surface area contributed by atoms with Gasteiger partial charge in [0.1, 0.15) is 22.8 Å². The Bertz CT molecular complexity index is 2300. The van der Waals surface area contributed by atoms with Crippen molar-refractivity contribution in [2.45, 2.75) is 0 Å². The summed E-state index contributed by atoms with van der Waals surface area (Å²) in [5.74, 6) is 1.83. The second-order valence-corrected chi connectivity index (χ2v) is 12.3. The number of rotatable bonds is 7. The van der Waals surface area contributed by atoms with Gasteiger partial charge in [-0.3, -0.25) is 18.4 Å². The van der Waals surface area contributed by atoms with Gasteiger partial charge < -0.3 is 34.6 Å². The Balaban J connectivity index is 0.000000162. The molecule has 0 radical (unpaired) electrons.